The number of benzene rings is 1. The molecule has 0 unspecified atom stereocenters. The summed E-state index contributed by atoms with van der Waals surface area (Å²) in [6, 6.07) is 1.76. The van der Waals surface area contributed by atoms with Crippen molar-refractivity contribution in [2.75, 3.05) is 22.7 Å². The van der Waals surface area contributed by atoms with Gasteiger partial charge in [0.1, 0.15) is 0 Å². The van der Waals surface area contributed by atoms with Crippen LogP contribution in [0.4, 0.5) is 16.2 Å². The van der Waals surface area contributed by atoms with Gasteiger partial charge in [-0.1, -0.05) is 6.07 Å². The molecule has 2 aliphatic carbocycles. The molecule has 9 nitrogen and oxygen atoms in total. The van der Waals surface area contributed by atoms with Crippen LogP contribution < -0.4 is 14.3 Å². The van der Waals surface area contributed by atoms with Crippen molar-refractivity contribution >= 4 is 57.2 Å². The van der Waals surface area contributed by atoms with Gasteiger partial charge in [-0.05, 0) is 87.5 Å². The standard InChI is InChI=1S/C25H36N6O3S.Na.H/c1-17(2)30-12-10-20(11-13-30)31(21-15-26-29(3)16-21)35(33,34)28-25(32)27-24-22-8-4-6-18(22)14-19-7-5-9-23(19)24;;/h14-17,20H,4-13H2,1-3H3,(H2,27,28,32);;. The zero-order valence-electron chi connectivity index (χ0n) is 20.9. The third kappa shape index (κ3) is 5.48. The molecule has 2 N–H and O–H groups in total. The number of aromatic nitrogens is 2. The van der Waals surface area contributed by atoms with Gasteiger partial charge in [-0.15, -0.1) is 0 Å². The second kappa shape index (κ2) is 11.0. The number of fused-ring (bicyclic) bond motifs is 2. The van der Waals surface area contributed by atoms with Gasteiger partial charge in [-0.3, -0.25) is 4.68 Å². The second-order valence-corrected chi connectivity index (χ2v) is 11.9. The van der Waals surface area contributed by atoms with Gasteiger partial charge in [-0.2, -0.15) is 13.5 Å². The van der Waals surface area contributed by atoms with E-state index in [1.54, 1.807) is 24.1 Å². The third-order valence-corrected chi connectivity index (χ3v) is 9.17. The Balaban J connectivity index is 0.00000304. The van der Waals surface area contributed by atoms with E-state index >= 15 is 0 Å². The number of carbonyl (C=O) groups excluding carboxylic acids is 1. The van der Waals surface area contributed by atoms with Crippen LogP contribution in [0.1, 0.15) is 61.8 Å². The Bertz CT molecular complexity index is 1190. The molecule has 1 aromatic heterocycles. The Morgan fingerprint density at radius 2 is 1.69 bits per heavy atom. The van der Waals surface area contributed by atoms with E-state index in [1.807, 2.05) is 0 Å². The fourth-order valence-electron chi connectivity index (χ4n) is 5.98. The van der Waals surface area contributed by atoms with Crippen LogP contribution in [0.5, 0.6) is 0 Å². The SMILES string of the molecule is CC(C)N1CCC(N(c2cnn(C)c2)S(=O)(=O)NC(=O)Nc2c3c(cc4c2CCC4)CCC3)CC1.[NaH]. The summed E-state index contributed by atoms with van der Waals surface area (Å²) in [5.41, 5.74) is 6.22. The molecule has 1 aliphatic heterocycles. The number of aryl methyl sites for hydroxylation is 3. The predicted octanol–water partition coefficient (Wildman–Crippen LogP) is 2.49. The average Bonchev–Trinajstić information content (AvgIpc) is 3.54. The Morgan fingerprint density at radius 3 is 2.22 bits per heavy atom. The van der Waals surface area contributed by atoms with E-state index < -0.39 is 16.2 Å². The van der Waals surface area contributed by atoms with Crippen LogP contribution in [-0.4, -0.2) is 83.9 Å². The number of nitrogens with zero attached hydrogens (tertiary/aromatic N) is 4. The Kier molecular flexibility index (Phi) is 8.41. The molecule has 1 fully saturated rings. The Morgan fingerprint density at radius 1 is 1.08 bits per heavy atom. The summed E-state index contributed by atoms with van der Waals surface area (Å²) in [7, 11) is -2.39. The van der Waals surface area contributed by atoms with Gasteiger partial charge in [0.2, 0.25) is 0 Å². The van der Waals surface area contributed by atoms with E-state index in [1.165, 1.54) is 26.6 Å². The van der Waals surface area contributed by atoms with Gasteiger partial charge in [0.05, 0.1) is 11.9 Å². The summed E-state index contributed by atoms with van der Waals surface area (Å²) in [5, 5.41) is 7.14. The molecule has 2 heterocycles. The number of hydrogen-bond donors (Lipinski definition) is 2. The van der Waals surface area contributed by atoms with Crippen LogP contribution in [0.25, 0.3) is 0 Å². The van der Waals surface area contributed by atoms with Crippen LogP contribution in [0.15, 0.2) is 18.5 Å². The first-order chi connectivity index (χ1) is 16.7. The Hall–Kier alpha value is -1.59. The molecule has 0 atom stereocenters. The van der Waals surface area contributed by atoms with Gasteiger partial charge in [0.15, 0.2) is 0 Å². The van der Waals surface area contributed by atoms with E-state index in [0.29, 0.717) is 24.6 Å². The van der Waals surface area contributed by atoms with Crippen LogP contribution in [0, 0.1) is 0 Å². The average molecular weight is 525 g/mol. The monoisotopic (exact) mass is 524 g/mol. The topological polar surface area (TPSA) is 99.6 Å². The van der Waals surface area contributed by atoms with Gasteiger partial charge in [0.25, 0.3) is 0 Å². The molecule has 1 saturated heterocycles. The number of nitrogens with one attached hydrogen (secondary N) is 2. The van der Waals surface area contributed by atoms with Crippen molar-refractivity contribution in [2.24, 2.45) is 7.05 Å². The van der Waals surface area contributed by atoms with Crippen molar-refractivity contribution in [1.82, 2.24) is 19.4 Å². The number of likely N-dealkylation sites (tertiary alicyclic amines) is 1. The molecule has 3 aliphatic rings. The number of carbonyl (C=O) groups is 1. The third-order valence-electron chi connectivity index (χ3n) is 7.70. The minimum absolute atomic E-state index is 0. The summed E-state index contributed by atoms with van der Waals surface area (Å²) >= 11 is 0. The number of amides is 2. The second-order valence-electron chi connectivity index (χ2n) is 10.3. The van der Waals surface area contributed by atoms with E-state index in [4.69, 9.17) is 0 Å². The van der Waals surface area contributed by atoms with Crippen molar-refractivity contribution in [1.29, 1.82) is 0 Å². The first-order valence-electron chi connectivity index (χ1n) is 12.8. The van der Waals surface area contributed by atoms with Crippen LogP contribution in [0.2, 0.25) is 0 Å². The van der Waals surface area contributed by atoms with E-state index in [0.717, 1.165) is 57.3 Å². The van der Waals surface area contributed by atoms with Crippen LogP contribution in [-0.2, 0) is 42.9 Å². The summed E-state index contributed by atoms with van der Waals surface area (Å²) in [6.45, 7) is 5.92. The number of anilines is 2. The van der Waals surface area contributed by atoms with E-state index in [2.05, 4.69) is 40.0 Å². The van der Waals surface area contributed by atoms with Crippen molar-refractivity contribution in [3.63, 3.8) is 0 Å². The first-order valence-corrected chi connectivity index (χ1v) is 14.2. The summed E-state index contributed by atoms with van der Waals surface area (Å²) in [6.07, 6.45) is 10.6. The molecule has 1 aromatic carbocycles. The molecule has 0 bridgehead atoms. The summed E-state index contributed by atoms with van der Waals surface area (Å²) in [4.78, 5) is 15.5. The maximum atomic E-state index is 13.6. The molecule has 0 spiro atoms. The fourth-order valence-corrected chi connectivity index (χ4v) is 7.34. The molecule has 192 valence electrons. The van der Waals surface area contributed by atoms with Crippen molar-refractivity contribution < 1.29 is 13.2 Å². The first kappa shape index (κ1) is 27.4. The molecule has 2 amide bonds. The minimum atomic E-state index is -4.15. The van der Waals surface area contributed by atoms with Gasteiger partial charge >= 0.3 is 45.8 Å². The zero-order chi connectivity index (χ0) is 24.7. The van der Waals surface area contributed by atoms with Gasteiger partial charge in [-0.25, -0.2) is 13.8 Å². The molecular weight excluding hydrogens is 487 g/mol. The molecule has 0 saturated carbocycles. The van der Waals surface area contributed by atoms with Crippen molar-refractivity contribution in [3.05, 3.63) is 40.7 Å². The summed E-state index contributed by atoms with van der Waals surface area (Å²) in [5.74, 6) is 0. The molecule has 11 heteroatoms. The van der Waals surface area contributed by atoms with Gasteiger partial charge < -0.3 is 10.2 Å². The maximum absolute atomic E-state index is 13.6. The number of hydrogen-bond acceptors (Lipinski definition) is 5. The molecular formula is C25H37N6NaO3S. The summed E-state index contributed by atoms with van der Waals surface area (Å²) < 4.78 is 32.5. The molecule has 2 aromatic rings. The molecule has 0 radical (unpaired) electrons. The molecule has 5 rings (SSSR count). The van der Waals surface area contributed by atoms with Crippen LogP contribution in [0.3, 0.4) is 0 Å². The van der Waals surface area contributed by atoms with E-state index in [9.17, 15) is 13.2 Å². The number of piperidine rings is 1. The van der Waals surface area contributed by atoms with Crippen LogP contribution >= 0.6 is 0 Å². The van der Waals surface area contributed by atoms with Gasteiger partial charge in [0, 0.05) is 44.1 Å². The fraction of sp³-hybridized carbons (Fsp3) is 0.600. The van der Waals surface area contributed by atoms with Crippen molar-refractivity contribution in [2.45, 2.75) is 77.3 Å². The molecule has 36 heavy (non-hydrogen) atoms. The predicted molar refractivity (Wildman–Crippen MR) is 144 cm³/mol. The van der Waals surface area contributed by atoms with Crippen molar-refractivity contribution in [3.8, 4) is 0 Å². The quantitative estimate of drug-likeness (QED) is 0.566. The normalized spacial score (nSPS) is 18.0. The Labute approximate surface area is 236 Å². The van der Waals surface area contributed by atoms with E-state index in [-0.39, 0.29) is 35.6 Å². The number of rotatable bonds is 6. The zero-order valence-corrected chi connectivity index (χ0v) is 21.7. The number of urea groups is 1.